The summed E-state index contributed by atoms with van der Waals surface area (Å²) in [6.45, 7) is 5.92. The van der Waals surface area contributed by atoms with Crippen molar-refractivity contribution in [1.29, 1.82) is 0 Å². The van der Waals surface area contributed by atoms with Gasteiger partial charge in [-0.15, -0.1) is 0 Å². The second-order valence-electron chi connectivity index (χ2n) is 32.1. The van der Waals surface area contributed by atoms with Gasteiger partial charge in [0.05, 0.1) is 81.9 Å². The molecule has 0 aliphatic rings. The lowest BCUT2D eigenvalue weighted by molar-refractivity contribution is -0.144. The van der Waals surface area contributed by atoms with Crippen molar-refractivity contribution >= 4 is 125 Å². The van der Waals surface area contributed by atoms with Gasteiger partial charge in [0.15, 0.2) is 0 Å². The van der Waals surface area contributed by atoms with Gasteiger partial charge in [-0.25, -0.2) is 37.3 Å². The molecule has 0 radical (unpaired) electrons. The Balaban J connectivity index is 2.42. The minimum Gasteiger partial charge on any atom is -0.508 e. The summed E-state index contributed by atoms with van der Waals surface area (Å²) >= 11 is 4.22. The topological polar surface area (TPSA) is 847 Å². The summed E-state index contributed by atoms with van der Waals surface area (Å²) in [5.41, 5.74) is 50.6. The quantitative estimate of drug-likeness (QED) is 0.00961. The van der Waals surface area contributed by atoms with E-state index in [1.54, 1.807) is 41.5 Å². The number of ketones is 4. The van der Waals surface area contributed by atoms with Crippen LogP contribution in [0.2, 0.25) is 0 Å². The largest absolute Gasteiger partial charge is 0.508 e. The summed E-state index contributed by atoms with van der Waals surface area (Å²) in [4.78, 5) is 257. The number of phenolic OH excluding ortho intramolecular Hbond substituents is 2. The molecule has 0 aromatic heterocycles. The van der Waals surface area contributed by atoms with Gasteiger partial charge in [0.25, 0.3) is 0 Å². The van der Waals surface area contributed by atoms with Crippen molar-refractivity contribution in [2.45, 2.75) is 241 Å². The molecule has 37 N–H and O–H groups in total. The minimum atomic E-state index is -2.30. The predicted octanol–water partition coefficient (Wildman–Crippen LogP) is -10.6. The molecule has 2 rings (SSSR count). The molecule has 51 heteroatoms. The Kier molecular flexibility index (Phi) is 54.1. The number of thiol groups is 1. The maximum Gasteiger partial charge on any atom is 0.328 e. The Labute approximate surface area is 760 Å². The number of unbranched alkanes of at least 4 members (excludes halogenated alkanes) is 2. The molecule has 0 saturated heterocycles. The van der Waals surface area contributed by atoms with E-state index in [9.17, 15) is 132 Å². The van der Waals surface area contributed by atoms with Crippen LogP contribution in [0.25, 0.3) is 0 Å². The van der Waals surface area contributed by atoms with E-state index in [0.29, 0.717) is 24.0 Å². The number of phenols is 2. The van der Waals surface area contributed by atoms with Gasteiger partial charge in [-0.3, -0.25) is 91.6 Å². The van der Waals surface area contributed by atoms with E-state index in [2.05, 4.69) is 82.4 Å². The fourth-order valence-corrected chi connectivity index (χ4v) is 12.9. The predicted molar refractivity (Wildman–Crippen MR) is 469 cm³/mol. The smallest absolute Gasteiger partial charge is 0.328 e. The number of nitrogens with two attached hydrogens (primary N) is 6. The van der Waals surface area contributed by atoms with Crippen LogP contribution in [0.3, 0.4) is 0 Å². The Hall–Kier alpha value is -11.4. The van der Waals surface area contributed by atoms with Gasteiger partial charge in [-0.2, -0.15) is 12.6 Å². The monoisotopic (exact) mass is 1880 g/mol. The second-order valence-corrected chi connectivity index (χ2v) is 32.5. The zero-order valence-electron chi connectivity index (χ0n) is 73.8. The van der Waals surface area contributed by atoms with Crippen molar-refractivity contribution in [1.82, 2.24) is 91.0 Å². The first-order valence-corrected chi connectivity index (χ1v) is 42.9. The van der Waals surface area contributed by atoms with Crippen LogP contribution < -0.4 is 125 Å². The third kappa shape index (κ3) is 44.8. The van der Waals surface area contributed by atoms with Crippen molar-refractivity contribution in [3.63, 3.8) is 0 Å². The lowest BCUT2D eigenvalue weighted by Crippen LogP contribution is -2.62. The van der Waals surface area contributed by atoms with Crippen LogP contribution in [-0.2, 0) is 104 Å². The van der Waals surface area contributed by atoms with Gasteiger partial charge in [-0.05, 0) is 137 Å². The molecule has 12 amide bonds. The standard InChI is InChI=1S/C80H131N23O27S/c1-39(2)26-49(91-72(122)47(12-7-9-23-81)98-99-48(13-8-10-24-82)73(123)93-53(29-42-15-19-44(107)20-16-42)74(124)90-46(14-11-25-87-80(85)86)71(121)97-59(37-106)79(129)130)65(115)66(116)50(27-40(3)4)92-78(128)60(38-131)103-100-51(31-61(83)109)67(117)68(118)57(35-104)95-77(127)58(36-105)96-76(126)55(33-64(113)114)94-75(125)54(32-63(111)112)89-62(110)34-88-70(120)56(30-43-17-21-45(108)22-18-43)102-101-52(69(84)119)28-41(5)6/h15-22,39-41,46-60,80,87,98-108,131H,7-14,23-38,81-82,85-86H2,1-6H3,(H2,83,109)(H2,84,119)(H,88,120)(H,89,110)(H,90,124)(H,91,122)(H,92,128)(H,93,123)(H,94,125)(H,95,127)(H,96,126)(H,97,121)(H,111,112)(H,113,114)(H,129,130)/t46-,47-,48-,49-,50-,51-,52-,53-,54-,55-,56-,57-,58-,59-,60-/m0/s1. The first-order valence-electron chi connectivity index (χ1n) is 42.3. The molecule has 0 aliphatic heterocycles. The fraction of sp³-hybridized carbons (Fsp3) is 0.613. The summed E-state index contributed by atoms with van der Waals surface area (Å²) in [6, 6.07) is -14.3. The minimum absolute atomic E-state index is 0.00240. The third-order valence-corrected chi connectivity index (χ3v) is 19.9. The molecule has 0 bridgehead atoms. The first kappa shape index (κ1) is 116. The zero-order chi connectivity index (χ0) is 98.9. The Bertz CT molecular complexity index is 4120. The van der Waals surface area contributed by atoms with E-state index in [4.69, 9.17) is 34.4 Å². The van der Waals surface area contributed by atoms with Crippen LogP contribution in [0.5, 0.6) is 11.5 Å². The highest BCUT2D eigenvalue weighted by Crippen LogP contribution is 2.18. The van der Waals surface area contributed by atoms with E-state index in [0.717, 1.165) is 0 Å². The number of carbonyl (C=O) groups is 19. The summed E-state index contributed by atoms with van der Waals surface area (Å²) in [6.07, 6.45) is -3.82. The molecule has 0 unspecified atom stereocenters. The summed E-state index contributed by atoms with van der Waals surface area (Å²) < 4.78 is 0. The lowest BCUT2D eigenvalue weighted by atomic mass is 9.91. The Morgan fingerprint density at radius 2 is 0.695 bits per heavy atom. The van der Waals surface area contributed by atoms with Gasteiger partial charge in [0.2, 0.25) is 94.0 Å². The number of hydrogen-bond donors (Lipinski definition) is 32. The molecule has 15 atom stereocenters. The molecule has 2 aromatic carbocycles. The van der Waals surface area contributed by atoms with Crippen molar-refractivity contribution in [2.75, 3.05) is 51.8 Å². The molecule has 2 aromatic rings. The number of benzene rings is 2. The molecular weight excluding hydrogens is 1750 g/mol. The molecule has 0 spiro atoms. The van der Waals surface area contributed by atoms with Crippen molar-refractivity contribution < 1.29 is 132 Å². The average Bonchev–Trinajstić information content (AvgIpc) is 0.804. The Morgan fingerprint density at radius 1 is 0.359 bits per heavy atom. The van der Waals surface area contributed by atoms with E-state index < -0.39 is 272 Å². The van der Waals surface area contributed by atoms with Gasteiger partial charge in [0, 0.05) is 12.2 Å². The van der Waals surface area contributed by atoms with Crippen LogP contribution in [0.15, 0.2) is 48.5 Å². The SMILES string of the molecule is CC(C)C[C@H](NN[C@@H](Cc1ccc(O)cc1)C(=O)NCC(=O)N[C@@H](CC(=O)O)C(=O)N[C@@H](CC(=O)O)C(=O)N[C@@H](CO)C(=O)N[C@@H](CO)C(=O)C(=O)[C@H](CC(N)=O)NN[C@@H](CS)C(=O)N[C@@H](CC(C)C)C(=O)C(=O)[C@H](CC(C)C)NC(=O)[C@H](CCCCN)NN[C@@H](CCCCN)C(=O)N[C@@H](Cc1ccc(O)cc1)C(=O)N[C@@H](CCCNC(N)N)C(=O)N[C@@H](CO)C(=O)O)C(N)=O. The van der Waals surface area contributed by atoms with Gasteiger partial charge >= 0.3 is 17.9 Å². The molecule has 0 aliphatic carbocycles. The molecular formula is C80H131N23O27S. The highest BCUT2D eigenvalue weighted by Gasteiger charge is 2.41. The summed E-state index contributed by atoms with van der Waals surface area (Å²) in [5.74, 6) is -26.1. The number of hydrogen-bond acceptors (Lipinski definition) is 36. The number of hydrazine groups is 3. The van der Waals surface area contributed by atoms with E-state index in [1.165, 1.54) is 48.5 Å². The summed E-state index contributed by atoms with van der Waals surface area (Å²) in [7, 11) is 0. The van der Waals surface area contributed by atoms with E-state index >= 15 is 0 Å². The number of Topliss-reactive ketones (excluding diaryl/α,β-unsaturated/α-hetero) is 4. The molecule has 0 fully saturated rings. The van der Waals surface area contributed by atoms with E-state index in [-0.39, 0.29) is 108 Å². The normalized spacial score (nSPS) is 14.8. The van der Waals surface area contributed by atoms with Crippen LogP contribution in [0, 0.1) is 17.8 Å². The number of aliphatic hydroxyl groups excluding tert-OH is 3. The third-order valence-electron chi connectivity index (χ3n) is 19.5. The lowest BCUT2D eigenvalue weighted by Gasteiger charge is -2.29. The number of carbonyl (C=O) groups excluding carboxylic acids is 16. The van der Waals surface area contributed by atoms with Gasteiger partial charge in [0.1, 0.15) is 72.2 Å². The van der Waals surface area contributed by atoms with Crippen LogP contribution in [0.1, 0.15) is 143 Å². The maximum absolute atomic E-state index is 14.7. The second kappa shape index (κ2) is 61.2. The number of nitrogens with one attached hydrogen (secondary N) is 17. The zero-order valence-corrected chi connectivity index (χ0v) is 74.7. The highest BCUT2D eigenvalue weighted by atomic mass is 32.1. The molecule has 50 nitrogen and oxygen atoms in total. The van der Waals surface area contributed by atoms with Gasteiger partial charge < -0.3 is 128 Å². The average molecular weight is 1880 g/mol. The number of amides is 12. The fourth-order valence-electron chi connectivity index (χ4n) is 12.6. The molecule has 734 valence electrons. The van der Waals surface area contributed by atoms with Crippen LogP contribution >= 0.6 is 12.6 Å². The van der Waals surface area contributed by atoms with Crippen LogP contribution in [-0.4, -0.2) is 301 Å². The van der Waals surface area contributed by atoms with Crippen molar-refractivity contribution in [2.24, 2.45) is 52.2 Å². The summed E-state index contributed by atoms with van der Waals surface area (Å²) in [5, 5.41) is 105. The maximum atomic E-state index is 14.7. The highest BCUT2D eigenvalue weighted by molar-refractivity contribution is 7.80. The number of rotatable bonds is 70. The number of aromatic hydroxyl groups is 2. The number of aliphatic carboxylic acids is 3. The number of carboxylic acid groups (broad SMARTS) is 3. The van der Waals surface area contributed by atoms with E-state index in [1.807, 2.05) is 21.3 Å². The number of primary amides is 2. The molecule has 131 heavy (non-hydrogen) atoms. The number of aliphatic hydroxyl groups is 3. The van der Waals surface area contributed by atoms with Crippen LogP contribution in [0.4, 0.5) is 0 Å². The molecule has 0 saturated carbocycles. The number of carboxylic acids is 3. The van der Waals surface area contributed by atoms with Crippen molar-refractivity contribution in [3.05, 3.63) is 59.7 Å². The molecule has 0 heterocycles. The van der Waals surface area contributed by atoms with Crippen molar-refractivity contribution in [3.8, 4) is 11.5 Å². The Morgan fingerprint density at radius 3 is 1.12 bits per heavy atom. The van der Waals surface area contributed by atoms with Gasteiger partial charge in [-0.1, -0.05) is 78.6 Å². The first-order chi connectivity index (χ1) is 61.7.